The Labute approximate surface area is 153 Å². The molecule has 0 aliphatic rings. The summed E-state index contributed by atoms with van der Waals surface area (Å²) in [4.78, 5) is 0.275. The number of hydrogen-bond acceptors (Lipinski definition) is 2. The lowest BCUT2D eigenvalue weighted by atomic mass is 9.93. The Morgan fingerprint density at radius 1 is 0.958 bits per heavy atom. The summed E-state index contributed by atoms with van der Waals surface area (Å²) in [6.45, 7) is 10.2. The summed E-state index contributed by atoms with van der Waals surface area (Å²) in [5.74, 6) is 0.459. The van der Waals surface area contributed by atoms with Gasteiger partial charge in [0.2, 0.25) is 0 Å². The van der Waals surface area contributed by atoms with Crippen molar-refractivity contribution in [3.8, 4) is 0 Å². The summed E-state index contributed by atoms with van der Waals surface area (Å²) >= 11 is 3.41. The molecule has 0 amide bonds. The number of sulfonamides is 1. The smallest absolute Gasteiger partial charge is 0.261 e. The highest BCUT2D eigenvalue weighted by atomic mass is 79.9. The maximum atomic E-state index is 12.9. The molecule has 1 N–H and O–H groups in total. The van der Waals surface area contributed by atoms with E-state index in [4.69, 9.17) is 0 Å². The summed E-state index contributed by atoms with van der Waals surface area (Å²) in [7, 11) is -3.64. The Morgan fingerprint density at radius 3 is 1.96 bits per heavy atom. The van der Waals surface area contributed by atoms with E-state index in [9.17, 15) is 8.42 Å². The fourth-order valence-electron chi connectivity index (χ4n) is 2.65. The standard InChI is InChI=1S/C19H24BrNO2S/c1-12(2)16-7-6-8-17(13(3)4)19(16)21-24(22,23)15-9-10-18(20)14(5)11-15/h6-13,21H,1-5H3. The summed E-state index contributed by atoms with van der Waals surface area (Å²) in [6.07, 6.45) is 0. The zero-order valence-corrected chi connectivity index (χ0v) is 17.1. The summed E-state index contributed by atoms with van der Waals surface area (Å²) < 4.78 is 29.5. The first-order valence-electron chi connectivity index (χ1n) is 8.05. The van der Waals surface area contributed by atoms with E-state index < -0.39 is 10.0 Å². The Morgan fingerprint density at radius 2 is 1.50 bits per heavy atom. The lowest BCUT2D eigenvalue weighted by Gasteiger charge is -2.21. The molecule has 0 fully saturated rings. The summed E-state index contributed by atoms with van der Waals surface area (Å²) in [5.41, 5.74) is 3.62. The monoisotopic (exact) mass is 409 g/mol. The van der Waals surface area contributed by atoms with Gasteiger partial charge in [-0.25, -0.2) is 8.42 Å². The van der Waals surface area contributed by atoms with Crippen molar-refractivity contribution < 1.29 is 8.42 Å². The van der Waals surface area contributed by atoms with Crippen molar-refractivity contribution in [1.82, 2.24) is 0 Å². The van der Waals surface area contributed by atoms with Gasteiger partial charge in [-0.05, 0) is 53.6 Å². The van der Waals surface area contributed by atoms with Crippen molar-refractivity contribution in [2.24, 2.45) is 0 Å². The maximum Gasteiger partial charge on any atom is 0.261 e. The van der Waals surface area contributed by atoms with Gasteiger partial charge < -0.3 is 0 Å². The fraction of sp³-hybridized carbons (Fsp3) is 0.368. The predicted octanol–water partition coefficient (Wildman–Crippen LogP) is 5.81. The topological polar surface area (TPSA) is 46.2 Å². The predicted molar refractivity (Wildman–Crippen MR) is 104 cm³/mol. The minimum Gasteiger partial charge on any atom is -0.279 e. The Bertz CT molecular complexity index is 816. The minimum absolute atomic E-state index is 0.230. The molecule has 0 aromatic heterocycles. The number of rotatable bonds is 5. The second-order valence-corrected chi connectivity index (χ2v) is 9.17. The highest BCUT2D eigenvalue weighted by Crippen LogP contribution is 2.34. The van der Waals surface area contributed by atoms with Gasteiger partial charge in [-0.15, -0.1) is 0 Å². The lowest BCUT2D eigenvalue weighted by molar-refractivity contribution is 0.601. The van der Waals surface area contributed by atoms with Crippen LogP contribution in [0.4, 0.5) is 5.69 Å². The second-order valence-electron chi connectivity index (χ2n) is 6.64. The minimum atomic E-state index is -3.64. The SMILES string of the molecule is Cc1cc(S(=O)(=O)Nc2c(C(C)C)cccc2C(C)C)ccc1Br. The van der Waals surface area contributed by atoms with Gasteiger partial charge in [-0.3, -0.25) is 4.72 Å². The first-order valence-corrected chi connectivity index (χ1v) is 10.3. The molecule has 2 aromatic carbocycles. The third kappa shape index (κ3) is 4.01. The zero-order valence-electron chi connectivity index (χ0n) is 14.7. The van der Waals surface area contributed by atoms with Crippen LogP contribution in [-0.2, 0) is 10.0 Å². The van der Waals surface area contributed by atoms with Crippen LogP contribution in [0.1, 0.15) is 56.2 Å². The third-order valence-electron chi connectivity index (χ3n) is 4.05. The van der Waals surface area contributed by atoms with Crippen LogP contribution < -0.4 is 4.72 Å². The van der Waals surface area contributed by atoms with Gasteiger partial charge >= 0.3 is 0 Å². The van der Waals surface area contributed by atoms with E-state index in [0.717, 1.165) is 21.2 Å². The van der Waals surface area contributed by atoms with Crippen molar-refractivity contribution >= 4 is 31.6 Å². The van der Waals surface area contributed by atoms with E-state index >= 15 is 0 Å². The Balaban J connectivity index is 2.54. The maximum absolute atomic E-state index is 12.9. The largest absolute Gasteiger partial charge is 0.279 e. The normalized spacial score (nSPS) is 12.0. The van der Waals surface area contributed by atoms with Gasteiger partial charge in [0.1, 0.15) is 0 Å². The molecule has 0 saturated heterocycles. The highest BCUT2D eigenvalue weighted by Gasteiger charge is 2.21. The van der Waals surface area contributed by atoms with Crippen LogP contribution in [0.2, 0.25) is 0 Å². The molecule has 0 bridgehead atoms. The van der Waals surface area contributed by atoms with Crippen LogP contribution in [0.5, 0.6) is 0 Å². The molecule has 2 rings (SSSR count). The molecule has 0 radical (unpaired) electrons. The molecule has 0 unspecified atom stereocenters. The number of para-hydroxylation sites is 1. The van der Waals surface area contributed by atoms with Crippen molar-refractivity contribution in [3.05, 3.63) is 57.6 Å². The van der Waals surface area contributed by atoms with Gasteiger partial charge in [0.25, 0.3) is 10.0 Å². The average Bonchev–Trinajstić information content (AvgIpc) is 2.49. The molecule has 0 aliphatic carbocycles. The quantitative estimate of drug-likeness (QED) is 0.677. The number of hydrogen-bond donors (Lipinski definition) is 1. The van der Waals surface area contributed by atoms with Crippen molar-refractivity contribution in [3.63, 3.8) is 0 Å². The van der Waals surface area contributed by atoms with Gasteiger partial charge in [0.05, 0.1) is 10.6 Å². The van der Waals surface area contributed by atoms with Crippen LogP contribution >= 0.6 is 15.9 Å². The number of benzene rings is 2. The second kappa shape index (κ2) is 7.28. The van der Waals surface area contributed by atoms with E-state index in [1.54, 1.807) is 18.2 Å². The molecular weight excluding hydrogens is 386 g/mol. The van der Waals surface area contributed by atoms with Crippen molar-refractivity contribution in [1.29, 1.82) is 0 Å². The van der Waals surface area contributed by atoms with Crippen LogP contribution in [0.3, 0.4) is 0 Å². The van der Waals surface area contributed by atoms with E-state index in [0.29, 0.717) is 5.69 Å². The zero-order chi connectivity index (χ0) is 18.1. The molecule has 24 heavy (non-hydrogen) atoms. The lowest BCUT2D eigenvalue weighted by Crippen LogP contribution is -2.16. The molecule has 0 aliphatic heterocycles. The molecule has 0 heterocycles. The fourth-order valence-corrected chi connectivity index (χ4v) is 4.09. The average molecular weight is 410 g/mol. The van der Waals surface area contributed by atoms with Crippen molar-refractivity contribution in [2.75, 3.05) is 4.72 Å². The molecule has 5 heteroatoms. The van der Waals surface area contributed by atoms with E-state index in [1.807, 2.05) is 25.1 Å². The van der Waals surface area contributed by atoms with Gasteiger partial charge in [-0.2, -0.15) is 0 Å². The third-order valence-corrected chi connectivity index (χ3v) is 6.29. The Hall–Kier alpha value is -1.33. The van der Waals surface area contributed by atoms with Crippen LogP contribution in [0, 0.1) is 6.92 Å². The number of nitrogens with one attached hydrogen (secondary N) is 1. The molecular formula is C19H24BrNO2S. The van der Waals surface area contributed by atoms with Gasteiger partial charge in [0.15, 0.2) is 0 Å². The van der Waals surface area contributed by atoms with Crippen LogP contribution in [0.15, 0.2) is 45.8 Å². The van der Waals surface area contributed by atoms with Crippen LogP contribution in [0.25, 0.3) is 0 Å². The summed E-state index contributed by atoms with van der Waals surface area (Å²) in [5, 5.41) is 0. The van der Waals surface area contributed by atoms with Gasteiger partial charge in [0, 0.05) is 4.47 Å². The number of aryl methyl sites for hydroxylation is 1. The molecule has 0 atom stereocenters. The van der Waals surface area contributed by atoms with Crippen LogP contribution in [-0.4, -0.2) is 8.42 Å². The highest BCUT2D eigenvalue weighted by molar-refractivity contribution is 9.10. The number of anilines is 1. The van der Waals surface area contributed by atoms with Crippen molar-refractivity contribution in [2.45, 2.75) is 51.3 Å². The molecule has 0 spiro atoms. The first-order chi connectivity index (χ1) is 11.1. The van der Waals surface area contributed by atoms with E-state index in [-0.39, 0.29) is 16.7 Å². The van der Waals surface area contributed by atoms with E-state index in [1.165, 1.54) is 0 Å². The molecule has 2 aromatic rings. The number of halogens is 1. The van der Waals surface area contributed by atoms with Gasteiger partial charge in [-0.1, -0.05) is 61.8 Å². The molecule has 0 saturated carbocycles. The molecule has 130 valence electrons. The molecule has 3 nitrogen and oxygen atoms in total. The Kier molecular flexibility index (Phi) is 5.76. The van der Waals surface area contributed by atoms with E-state index in [2.05, 4.69) is 48.3 Å². The summed E-state index contributed by atoms with van der Waals surface area (Å²) in [6, 6.07) is 11.0. The first kappa shape index (κ1) is 19.0.